The first-order valence-corrected chi connectivity index (χ1v) is 8.68. The number of aromatic nitrogens is 1. The summed E-state index contributed by atoms with van der Waals surface area (Å²) in [5.74, 6) is 0.418. The molecule has 0 saturated heterocycles. The first kappa shape index (κ1) is 14.6. The van der Waals surface area contributed by atoms with Gasteiger partial charge in [0.05, 0.1) is 15.9 Å². The zero-order chi connectivity index (χ0) is 14.0. The van der Waals surface area contributed by atoms with Gasteiger partial charge in [0.25, 0.3) is 5.56 Å². The van der Waals surface area contributed by atoms with Gasteiger partial charge in [-0.25, -0.2) is 8.42 Å². The van der Waals surface area contributed by atoms with E-state index in [4.69, 9.17) is 0 Å². The number of pyridine rings is 1. The topological polar surface area (TPSA) is 68.2 Å². The van der Waals surface area contributed by atoms with Gasteiger partial charge in [0.1, 0.15) is 0 Å². The summed E-state index contributed by atoms with van der Waals surface area (Å²) >= 11 is 3.12. The van der Waals surface area contributed by atoms with Crippen molar-refractivity contribution in [2.75, 3.05) is 10.5 Å². The van der Waals surface area contributed by atoms with Crippen LogP contribution in [0.3, 0.4) is 0 Å². The molecule has 1 heterocycles. The quantitative estimate of drug-likeness (QED) is 0.905. The van der Waals surface area contributed by atoms with Gasteiger partial charge in [-0.1, -0.05) is 12.8 Å². The zero-order valence-corrected chi connectivity index (χ0v) is 13.1. The Hall–Kier alpha value is -0.820. The van der Waals surface area contributed by atoms with E-state index in [0.29, 0.717) is 10.2 Å². The maximum atomic E-state index is 12.0. The first-order valence-electron chi connectivity index (χ1n) is 6.24. The molecule has 7 heteroatoms. The average Bonchev–Trinajstić information content (AvgIpc) is 2.77. The van der Waals surface area contributed by atoms with E-state index in [1.807, 2.05) is 0 Å². The molecule has 0 radical (unpaired) electrons. The van der Waals surface area contributed by atoms with Crippen molar-refractivity contribution in [3.8, 4) is 0 Å². The number of aryl methyl sites for hydroxylation is 1. The number of nitrogens with one attached hydrogen (secondary N) is 1. The van der Waals surface area contributed by atoms with Gasteiger partial charge in [-0.05, 0) is 40.8 Å². The Morgan fingerprint density at radius 1 is 1.42 bits per heavy atom. The van der Waals surface area contributed by atoms with Gasteiger partial charge in [0, 0.05) is 13.2 Å². The molecule has 0 amide bonds. The van der Waals surface area contributed by atoms with Crippen LogP contribution in [0.15, 0.2) is 21.5 Å². The third kappa shape index (κ3) is 3.82. The van der Waals surface area contributed by atoms with Crippen molar-refractivity contribution in [3.63, 3.8) is 0 Å². The summed E-state index contributed by atoms with van der Waals surface area (Å²) in [4.78, 5) is 11.5. The maximum Gasteiger partial charge on any atom is 0.264 e. The van der Waals surface area contributed by atoms with Crippen LogP contribution in [0.5, 0.6) is 0 Å². The van der Waals surface area contributed by atoms with E-state index in [2.05, 4.69) is 20.7 Å². The summed E-state index contributed by atoms with van der Waals surface area (Å²) in [5.41, 5.74) is 0.214. The number of hydrogen-bond acceptors (Lipinski definition) is 3. The van der Waals surface area contributed by atoms with Gasteiger partial charge in [0.15, 0.2) is 0 Å². The molecule has 0 spiro atoms. The summed E-state index contributed by atoms with van der Waals surface area (Å²) in [5, 5.41) is 0. The predicted octanol–water partition coefficient (Wildman–Crippen LogP) is 2.08. The molecule has 0 atom stereocenters. The lowest BCUT2D eigenvalue weighted by Gasteiger charge is -2.12. The summed E-state index contributed by atoms with van der Waals surface area (Å²) in [6.07, 6.45) is 5.69. The predicted molar refractivity (Wildman–Crippen MR) is 78.8 cm³/mol. The van der Waals surface area contributed by atoms with Crippen molar-refractivity contribution in [3.05, 3.63) is 27.1 Å². The molecule has 1 aromatic rings. The van der Waals surface area contributed by atoms with Gasteiger partial charge >= 0.3 is 0 Å². The fourth-order valence-corrected chi connectivity index (χ4v) is 4.47. The molecular formula is C12H17BrN2O3S. The largest absolute Gasteiger partial charge is 0.316 e. The molecule has 5 nitrogen and oxygen atoms in total. The van der Waals surface area contributed by atoms with Crippen molar-refractivity contribution < 1.29 is 8.42 Å². The van der Waals surface area contributed by atoms with Crippen molar-refractivity contribution in [1.29, 1.82) is 0 Å². The summed E-state index contributed by atoms with van der Waals surface area (Å²) in [7, 11) is -1.77. The molecule has 1 saturated carbocycles. The third-order valence-electron chi connectivity index (χ3n) is 3.34. The molecule has 0 unspecified atom stereocenters. The lowest BCUT2D eigenvalue weighted by molar-refractivity contribution is 0.563. The molecule has 0 bridgehead atoms. The van der Waals surface area contributed by atoms with Crippen LogP contribution < -0.4 is 10.3 Å². The highest BCUT2D eigenvalue weighted by Gasteiger charge is 2.22. The SMILES string of the molecule is Cn1cc(NS(=O)(=O)CC2CCCC2)cc(Br)c1=O. The Morgan fingerprint density at radius 2 is 2.05 bits per heavy atom. The van der Waals surface area contributed by atoms with Crippen LogP contribution in [0.2, 0.25) is 0 Å². The summed E-state index contributed by atoms with van der Waals surface area (Å²) in [6, 6.07) is 1.49. The second-order valence-electron chi connectivity index (χ2n) is 5.03. The number of sulfonamides is 1. The molecule has 106 valence electrons. The molecular weight excluding hydrogens is 332 g/mol. The van der Waals surface area contributed by atoms with Crippen molar-refractivity contribution in [2.24, 2.45) is 13.0 Å². The van der Waals surface area contributed by atoms with Crippen LogP contribution in [0.1, 0.15) is 25.7 Å². The Labute approximate surface area is 121 Å². The van der Waals surface area contributed by atoms with Crippen LogP contribution in [0.25, 0.3) is 0 Å². The summed E-state index contributed by atoms with van der Waals surface area (Å²) in [6.45, 7) is 0. The molecule has 1 aliphatic carbocycles. The lowest BCUT2D eigenvalue weighted by atomic mass is 10.1. The zero-order valence-electron chi connectivity index (χ0n) is 10.7. The van der Waals surface area contributed by atoms with E-state index in [-0.39, 0.29) is 17.2 Å². The molecule has 0 aliphatic heterocycles. The Bertz CT molecular complexity index is 592. The van der Waals surface area contributed by atoms with Crippen LogP contribution in [-0.4, -0.2) is 18.7 Å². The minimum atomic E-state index is -3.35. The van der Waals surface area contributed by atoms with Gasteiger partial charge in [-0.3, -0.25) is 9.52 Å². The number of halogens is 1. The van der Waals surface area contributed by atoms with E-state index < -0.39 is 10.0 Å². The number of anilines is 1. The number of nitrogens with zero attached hydrogens (tertiary/aromatic N) is 1. The summed E-state index contributed by atoms with van der Waals surface area (Å²) < 4.78 is 28.3. The Kier molecular flexibility index (Phi) is 4.35. The molecule has 1 aliphatic rings. The second-order valence-corrected chi connectivity index (χ2v) is 7.65. The van der Waals surface area contributed by atoms with Crippen molar-refractivity contribution in [1.82, 2.24) is 4.57 Å². The highest BCUT2D eigenvalue weighted by Crippen LogP contribution is 2.26. The fraction of sp³-hybridized carbons (Fsp3) is 0.583. The van der Waals surface area contributed by atoms with Crippen LogP contribution in [0, 0.1) is 5.92 Å². The Morgan fingerprint density at radius 3 is 2.63 bits per heavy atom. The standard InChI is InChI=1S/C12H17BrN2O3S/c1-15-7-10(6-11(13)12(15)16)14-19(17,18)8-9-4-2-3-5-9/h6-7,9,14H,2-5,8H2,1H3. The highest BCUT2D eigenvalue weighted by atomic mass is 79.9. The molecule has 1 N–H and O–H groups in total. The number of rotatable bonds is 4. The monoisotopic (exact) mass is 348 g/mol. The first-order chi connectivity index (χ1) is 8.87. The van der Waals surface area contributed by atoms with Crippen LogP contribution in [0.4, 0.5) is 5.69 Å². The van der Waals surface area contributed by atoms with Crippen LogP contribution in [-0.2, 0) is 17.1 Å². The van der Waals surface area contributed by atoms with Crippen molar-refractivity contribution in [2.45, 2.75) is 25.7 Å². The van der Waals surface area contributed by atoms with E-state index in [9.17, 15) is 13.2 Å². The molecule has 1 aromatic heterocycles. The normalized spacial score (nSPS) is 16.7. The van der Waals surface area contributed by atoms with E-state index in [1.54, 1.807) is 7.05 Å². The van der Waals surface area contributed by atoms with Gasteiger partial charge in [-0.15, -0.1) is 0 Å². The number of hydrogen-bond donors (Lipinski definition) is 1. The third-order valence-corrected chi connectivity index (χ3v) is 5.37. The van der Waals surface area contributed by atoms with Crippen LogP contribution >= 0.6 is 15.9 Å². The van der Waals surface area contributed by atoms with E-state index in [1.165, 1.54) is 16.8 Å². The van der Waals surface area contributed by atoms with Gasteiger partial charge in [-0.2, -0.15) is 0 Å². The van der Waals surface area contributed by atoms with Gasteiger partial charge < -0.3 is 4.57 Å². The smallest absolute Gasteiger partial charge is 0.264 e. The average molecular weight is 349 g/mol. The molecule has 2 rings (SSSR count). The van der Waals surface area contributed by atoms with Crippen molar-refractivity contribution >= 4 is 31.6 Å². The minimum absolute atomic E-state index is 0.160. The fourth-order valence-electron chi connectivity index (χ4n) is 2.44. The van der Waals surface area contributed by atoms with E-state index in [0.717, 1.165) is 25.7 Å². The maximum absolute atomic E-state index is 12.0. The van der Waals surface area contributed by atoms with E-state index >= 15 is 0 Å². The Balaban J connectivity index is 2.13. The molecule has 1 fully saturated rings. The molecule has 19 heavy (non-hydrogen) atoms. The lowest BCUT2D eigenvalue weighted by Crippen LogP contribution is -2.23. The molecule has 0 aromatic carbocycles. The minimum Gasteiger partial charge on any atom is -0.316 e. The highest BCUT2D eigenvalue weighted by molar-refractivity contribution is 9.10. The van der Waals surface area contributed by atoms with Gasteiger partial charge in [0.2, 0.25) is 10.0 Å². The second kappa shape index (κ2) is 5.66.